The van der Waals surface area contributed by atoms with Crippen LogP contribution in [0.5, 0.6) is 0 Å². The van der Waals surface area contributed by atoms with Gasteiger partial charge in [-0.2, -0.15) is 26.7 Å². The summed E-state index contributed by atoms with van der Waals surface area (Å²) in [6.07, 6.45) is 0.713. The molecule has 12 heteroatoms. The van der Waals surface area contributed by atoms with Crippen molar-refractivity contribution < 1.29 is 26.0 Å². The highest BCUT2D eigenvalue weighted by atomic mass is 35.5. The van der Waals surface area contributed by atoms with Gasteiger partial charge in [0.25, 0.3) is 5.56 Å². The van der Waals surface area contributed by atoms with E-state index in [-0.39, 0.29) is 22.2 Å². The summed E-state index contributed by atoms with van der Waals surface area (Å²) in [5, 5.41) is 2.71. The predicted molar refractivity (Wildman–Crippen MR) is 95.4 cm³/mol. The minimum Gasteiger partial charge on any atom is -0.416 e. The summed E-state index contributed by atoms with van der Waals surface area (Å²) in [7, 11) is -8.13. The molecule has 1 rings (SSSR count). The van der Waals surface area contributed by atoms with Gasteiger partial charge in [-0.25, -0.2) is 0 Å². The van der Waals surface area contributed by atoms with Gasteiger partial charge in [-0.1, -0.05) is 39.3 Å². The van der Waals surface area contributed by atoms with Crippen LogP contribution in [0.2, 0.25) is 23.2 Å². The van der Waals surface area contributed by atoms with E-state index in [1.807, 2.05) is 33.9 Å². The number of alkyl halides is 3. The molecule has 0 bridgehead atoms. The fourth-order valence-corrected chi connectivity index (χ4v) is 3.87. The van der Waals surface area contributed by atoms with Crippen LogP contribution in [0.4, 0.5) is 13.2 Å². The molecule has 1 unspecified atom stereocenters. The van der Waals surface area contributed by atoms with Gasteiger partial charge in [-0.3, -0.25) is 4.79 Å². The molecule has 26 heavy (non-hydrogen) atoms. The van der Waals surface area contributed by atoms with Gasteiger partial charge < -0.3 is 4.43 Å². The van der Waals surface area contributed by atoms with Crippen molar-refractivity contribution in [1.29, 1.82) is 0 Å². The second kappa shape index (κ2) is 7.25. The molecule has 0 saturated heterocycles. The van der Waals surface area contributed by atoms with E-state index in [9.17, 15) is 26.4 Å². The second-order valence-corrected chi connectivity index (χ2v) is 14.5. The number of hydrogen-bond donors (Lipinski definition) is 0. The Bertz CT molecular complexity index is 832. The molecule has 0 saturated carbocycles. The highest BCUT2D eigenvalue weighted by Gasteiger charge is 2.49. The number of halogens is 4. The van der Waals surface area contributed by atoms with E-state index in [1.54, 1.807) is 0 Å². The first-order valence-corrected chi connectivity index (χ1v) is 12.4. The summed E-state index contributed by atoms with van der Waals surface area (Å²) in [5.74, 6) is -0.721. The molecule has 1 atom stereocenters. The topological polar surface area (TPSA) is 78.3 Å². The van der Waals surface area contributed by atoms with Crippen molar-refractivity contribution in [2.75, 3.05) is 6.61 Å². The van der Waals surface area contributed by atoms with Crippen molar-refractivity contribution >= 4 is 29.9 Å². The lowest BCUT2D eigenvalue weighted by atomic mass is 10.1. The molecular formula is C14H22ClF3N2O4SSi. The molecule has 0 radical (unpaired) electrons. The van der Waals surface area contributed by atoms with E-state index in [2.05, 4.69) is 5.10 Å². The molecule has 0 N–H and O–H groups in total. The molecule has 0 aromatic carbocycles. The highest BCUT2D eigenvalue weighted by Crippen LogP contribution is 2.37. The quantitative estimate of drug-likeness (QED) is 0.660. The van der Waals surface area contributed by atoms with Crippen LogP contribution in [0.3, 0.4) is 0 Å². The average molecular weight is 435 g/mol. The fourth-order valence-electron chi connectivity index (χ4n) is 1.78. The first-order valence-electron chi connectivity index (χ1n) is 7.67. The summed E-state index contributed by atoms with van der Waals surface area (Å²) in [6, 6.07) is 0. The summed E-state index contributed by atoms with van der Waals surface area (Å²) in [5.41, 5.74) is -7.37. The van der Waals surface area contributed by atoms with E-state index in [1.165, 1.54) is 6.92 Å². The third kappa shape index (κ3) is 4.49. The molecule has 0 aliphatic carbocycles. The van der Waals surface area contributed by atoms with E-state index < -0.39 is 39.4 Å². The lowest BCUT2D eigenvalue weighted by molar-refractivity contribution is -0.0451. The van der Waals surface area contributed by atoms with Crippen LogP contribution in [-0.4, -0.2) is 38.0 Å². The fraction of sp³-hybridized carbons (Fsp3) is 0.714. The smallest absolute Gasteiger partial charge is 0.416 e. The Balaban J connectivity index is 3.31. The summed E-state index contributed by atoms with van der Waals surface area (Å²) in [4.78, 5) is 12.3. The maximum absolute atomic E-state index is 12.7. The van der Waals surface area contributed by atoms with Gasteiger partial charge in [-0.05, 0) is 18.1 Å². The standard InChI is InChI=1S/C14H22ClF3N2O4SSi/c1-9(8-24-26(5,6)13(2,3)4)11-10(15)7-19-20(12(11)21)25(22,23)14(16,17)18/h7,9H,8H2,1-6H3. The van der Waals surface area contributed by atoms with Gasteiger partial charge in [0.1, 0.15) is 0 Å². The Labute approximate surface area is 156 Å². The van der Waals surface area contributed by atoms with Crippen molar-refractivity contribution in [3.63, 3.8) is 0 Å². The molecule has 1 aromatic rings. The molecular weight excluding hydrogens is 413 g/mol. The zero-order valence-electron chi connectivity index (χ0n) is 15.3. The van der Waals surface area contributed by atoms with Crippen molar-refractivity contribution in [3.8, 4) is 0 Å². The molecule has 0 fully saturated rings. The van der Waals surface area contributed by atoms with Crippen molar-refractivity contribution in [3.05, 3.63) is 27.1 Å². The Hall–Kier alpha value is -0.913. The van der Waals surface area contributed by atoms with Gasteiger partial charge in [0.2, 0.25) is 0 Å². The number of aromatic nitrogens is 2. The van der Waals surface area contributed by atoms with Crippen molar-refractivity contribution in [2.24, 2.45) is 0 Å². The van der Waals surface area contributed by atoms with Crippen LogP contribution in [0.25, 0.3) is 0 Å². The van der Waals surface area contributed by atoms with E-state index in [0.717, 1.165) is 0 Å². The summed E-state index contributed by atoms with van der Waals surface area (Å²) < 4.78 is 66.6. The maximum Gasteiger partial charge on any atom is 0.518 e. The molecule has 1 heterocycles. The molecule has 0 aliphatic heterocycles. The Morgan fingerprint density at radius 1 is 1.31 bits per heavy atom. The van der Waals surface area contributed by atoms with Crippen LogP contribution in [0, 0.1) is 0 Å². The minimum absolute atomic E-state index is 0.0154. The van der Waals surface area contributed by atoms with Gasteiger partial charge in [0, 0.05) is 18.1 Å². The SMILES string of the molecule is CC(CO[Si](C)(C)C(C)(C)C)c1c(Cl)cnn(S(=O)(=O)C(F)(F)F)c1=O. The Morgan fingerprint density at radius 3 is 2.23 bits per heavy atom. The Morgan fingerprint density at radius 2 is 1.81 bits per heavy atom. The van der Waals surface area contributed by atoms with Crippen LogP contribution in [-0.2, 0) is 14.4 Å². The molecule has 0 amide bonds. The van der Waals surface area contributed by atoms with Crippen LogP contribution < -0.4 is 5.56 Å². The Kier molecular flexibility index (Phi) is 6.45. The number of rotatable bonds is 5. The summed E-state index contributed by atoms with van der Waals surface area (Å²) >= 11 is 5.90. The van der Waals surface area contributed by atoms with Crippen LogP contribution in [0.15, 0.2) is 11.0 Å². The lowest BCUT2D eigenvalue weighted by Gasteiger charge is -2.37. The zero-order chi connectivity index (χ0) is 20.7. The van der Waals surface area contributed by atoms with Gasteiger partial charge in [0.15, 0.2) is 8.32 Å². The highest BCUT2D eigenvalue weighted by molar-refractivity contribution is 7.90. The predicted octanol–water partition coefficient (Wildman–Crippen LogP) is 3.72. The van der Waals surface area contributed by atoms with Gasteiger partial charge >= 0.3 is 15.5 Å². The third-order valence-electron chi connectivity index (χ3n) is 4.45. The van der Waals surface area contributed by atoms with Gasteiger partial charge in [0.05, 0.1) is 11.2 Å². The van der Waals surface area contributed by atoms with Crippen molar-refractivity contribution in [2.45, 2.75) is 57.3 Å². The summed E-state index contributed by atoms with van der Waals surface area (Å²) in [6.45, 7) is 11.5. The largest absolute Gasteiger partial charge is 0.518 e. The van der Waals surface area contributed by atoms with E-state index >= 15 is 0 Å². The minimum atomic E-state index is -5.94. The van der Waals surface area contributed by atoms with Crippen LogP contribution >= 0.6 is 11.6 Å². The normalized spacial score (nSPS) is 15.2. The average Bonchev–Trinajstić information content (AvgIpc) is 2.42. The molecule has 0 spiro atoms. The zero-order valence-corrected chi connectivity index (χ0v) is 17.9. The second-order valence-electron chi connectivity index (χ2n) is 7.48. The van der Waals surface area contributed by atoms with Gasteiger partial charge in [-0.15, -0.1) is 4.09 Å². The third-order valence-corrected chi connectivity index (χ3v) is 10.6. The lowest BCUT2D eigenvalue weighted by Crippen LogP contribution is -2.43. The first-order chi connectivity index (χ1) is 11.4. The number of nitrogens with zero attached hydrogens (tertiary/aromatic N) is 2. The van der Waals surface area contributed by atoms with Crippen molar-refractivity contribution in [1.82, 2.24) is 9.19 Å². The molecule has 0 aliphatic rings. The maximum atomic E-state index is 12.7. The molecule has 150 valence electrons. The number of hydrogen-bond acceptors (Lipinski definition) is 5. The molecule has 6 nitrogen and oxygen atoms in total. The first kappa shape index (κ1) is 23.1. The van der Waals surface area contributed by atoms with E-state index in [4.69, 9.17) is 16.0 Å². The molecule has 1 aromatic heterocycles. The monoisotopic (exact) mass is 434 g/mol. The van der Waals surface area contributed by atoms with Crippen LogP contribution in [0.1, 0.15) is 39.2 Å². The van der Waals surface area contributed by atoms with E-state index in [0.29, 0.717) is 6.20 Å².